The molecule has 1 amide bonds. The van der Waals surface area contributed by atoms with Crippen LogP contribution in [0.3, 0.4) is 0 Å². The molecule has 21 nitrogen and oxygen atoms in total. The van der Waals surface area contributed by atoms with E-state index < -0.39 is 99.3 Å². The van der Waals surface area contributed by atoms with Gasteiger partial charge in [-0.2, -0.15) is 0 Å². The second kappa shape index (κ2) is 18.4. The summed E-state index contributed by atoms with van der Waals surface area (Å²) >= 11 is 0. The van der Waals surface area contributed by atoms with Gasteiger partial charge in [-0.15, -0.1) is 0 Å². The number of nitro groups is 1. The van der Waals surface area contributed by atoms with Gasteiger partial charge in [0.15, 0.2) is 0 Å². The zero-order valence-corrected chi connectivity index (χ0v) is 40.9. The number of amides is 1. The first-order chi connectivity index (χ1) is 32.9. The van der Waals surface area contributed by atoms with Crippen molar-refractivity contribution in [3.63, 3.8) is 0 Å². The molecule has 376 valence electrons. The maximum Gasteiger partial charge on any atom is 0.415 e. The highest BCUT2D eigenvalue weighted by molar-refractivity contribution is 6.34. The third-order valence-electron chi connectivity index (χ3n) is 14.7. The number of aliphatic hydroxyl groups excluding tert-OH is 2. The van der Waals surface area contributed by atoms with Crippen LogP contribution in [-0.4, -0.2) is 132 Å². The van der Waals surface area contributed by atoms with Crippen LogP contribution in [-0.2, 0) is 30.3 Å². The van der Waals surface area contributed by atoms with Gasteiger partial charge in [-0.1, -0.05) is 45.9 Å². The number of ether oxygens (including phenoxy) is 5. The number of aliphatic imine (C=N–C) groups is 1. The van der Waals surface area contributed by atoms with Gasteiger partial charge in [0.25, 0.3) is 11.7 Å². The SMILES string of the molecule is CO[C@H]1/C=C/O[C@@]2(C)Oc3c(C)c(O)c4c(c3C2=O)C2=NC3(CCN(CC5(C)Cn6cc([N+](=O)[O-])nc6O5)CC3)NC2=C(NC(=O)/C(C)=C\C=C\[C@H](C)[C@H](O)[C@@H](C)[C@@H](O)[C@@H](C)[C@H](OC(C)=O)[C@@H]1C)C4=O. The van der Waals surface area contributed by atoms with Gasteiger partial charge in [0.2, 0.25) is 5.78 Å². The number of benzene rings is 1. The smallest absolute Gasteiger partial charge is 0.415 e. The van der Waals surface area contributed by atoms with E-state index in [0.717, 1.165) is 0 Å². The predicted octanol–water partition coefficient (Wildman–Crippen LogP) is 3.92. The first kappa shape index (κ1) is 50.0. The van der Waals surface area contributed by atoms with Crippen LogP contribution in [0.25, 0.3) is 0 Å². The lowest BCUT2D eigenvalue weighted by Gasteiger charge is -2.40. The average molecular weight is 972 g/mol. The van der Waals surface area contributed by atoms with Crippen LogP contribution >= 0.6 is 0 Å². The van der Waals surface area contributed by atoms with E-state index in [0.29, 0.717) is 39.0 Å². The number of esters is 1. The lowest BCUT2D eigenvalue weighted by Crippen LogP contribution is -2.54. The first-order valence-electron chi connectivity index (χ1n) is 23.4. The van der Waals surface area contributed by atoms with Gasteiger partial charge in [0.1, 0.15) is 40.8 Å². The molecular formula is C49H61N7O14. The number of likely N-dealkylation sites (tertiary alicyclic amines) is 1. The third kappa shape index (κ3) is 8.76. The Morgan fingerprint density at radius 1 is 0.986 bits per heavy atom. The summed E-state index contributed by atoms with van der Waals surface area (Å²) in [5, 5.41) is 52.5. The predicted molar refractivity (Wildman–Crippen MR) is 250 cm³/mol. The molecule has 6 aliphatic rings. The van der Waals surface area contributed by atoms with Crippen LogP contribution in [0.4, 0.5) is 5.82 Å². The summed E-state index contributed by atoms with van der Waals surface area (Å²) in [4.78, 5) is 78.4. The number of imidazole rings is 1. The van der Waals surface area contributed by atoms with Crippen LogP contribution in [0.5, 0.6) is 17.5 Å². The zero-order valence-electron chi connectivity index (χ0n) is 40.9. The molecule has 0 radical (unpaired) electrons. The first-order valence-corrected chi connectivity index (χ1v) is 23.4. The summed E-state index contributed by atoms with van der Waals surface area (Å²) < 4.78 is 31.8. The molecule has 6 heterocycles. The molecule has 5 aliphatic heterocycles. The summed E-state index contributed by atoms with van der Waals surface area (Å²) in [5.41, 5.74) is -1.66. The van der Waals surface area contributed by atoms with Crippen molar-refractivity contribution in [1.82, 2.24) is 25.1 Å². The number of allylic oxidation sites excluding steroid dienone is 4. The maximum atomic E-state index is 14.9. The molecule has 10 atom stereocenters. The van der Waals surface area contributed by atoms with E-state index in [1.54, 1.807) is 51.3 Å². The number of hydrogen-bond acceptors (Lipinski definition) is 18. The number of phenolic OH excluding ortho intramolecular Hbond substituents is 1. The number of fused-ring (bicyclic) bond motifs is 4. The number of hydrogen-bond donors (Lipinski definition) is 5. The largest absolute Gasteiger partial charge is 0.507 e. The molecular weight excluding hydrogens is 911 g/mol. The summed E-state index contributed by atoms with van der Waals surface area (Å²) in [6, 6.07) is 0.167. The minimum absolute atomic E-state index is 0.0196. The number of nitrogens with zero attached hydrogens (tertiary/aromatic N) is 5. The monoisotopic (exact) mass is 971 g/mol. The third-order valence-corrected chi connectivity index (χ3v) is 14.7. The highest BCUT2D eigenvalue weighted by atomic mass is 16.7. The number of piperidine rings is 1. The van der Waals surface area contributed by atoms with Crippen LogP contribution in [0.15, 0.2) is 58.7 Å². The fourth-order valence-corrected chi connectivity index (χ4v) is 10.6. The second-order valence-corrected chi connectivity index (χ2v) is 19.9. The highest BCUT2D eigenvalue weighted by Crippen LogP contribution is 2.50. The van der Waals surface area contributed by atoms with E-state index in [-0.39, 0.29) is 62.5 Å². The van der Waals surface area contributed by atoms with Gasteiger partial charge in [-0.25, -0.2) is 0 Å². The number of Topliss-reactive ketones (excluding diaryl/α,β-unsaturated/α-hetero) is 2. The molecule has 1 unspecified atom stereocenters. The molecule has 8 rings (SSSR count). The van der Waals surface area contributed by atoms with E-state index >= 15 is 0 Å². The number of carbonyl (C=O) groups excluding carboxylic acids is 4. The molecule has 1 fully saturated rings. The fourth-order valence-electron chi connectivity index (χ4n) is 10.6. The van der Waals surface area contributed by atoms with E-state index in [4.69, 9.17) is 28.7 Å². The maximum absolute atomic E-state index is 14.9. The Kier molecular flexibility index (Phi) is 13.1. The van der Waals surface area contributed by atoms with Gasteiger partial charge >= 0.3 is 23.6 Å². The zero-order chi connectivity index (χ0) is 50.9. The number of ketones is 2. The van der Waals surface area contributed by atoms with Crippen molar-refractivity contribution < 1.29 is 63.1 Å². The van der Waals surface area contributed by atoms with Crippen LogP contribution in [0.1, 0.15) is 100 Å². The minimum atomic E-state index is -2.03. The standard InChI is InChI=1S/C49H61N7O14/c1-23-12-11-13-24(2)45(63)51-37-36-35(52-49(53-36)15-17-54(18-16-49)21-47(8)22-55-20-31(56(64)65)50-46(55)70-47)32-33(41(37)61)40(60)28(6)43-34(32)44(62)48(9,69-43)67-19-14-30(66-10)25(3)42(68-29(7)57)27(5)39(59)26(4)38(23)58/h11-14,19-20,23,25-27,30,38-39,42,53,58-60H,15-18,21-22H2,1-10H3,(H,51,63)/b12-11+,19-14+,24-13-/t23-,25+,26+,27+,30-,38-,39+,42+,47?,48-/m0/s1. The van der Waals surface area contributed by atoms with Gasteiger partial charge in [-0.05, 0) is 31.8 Å². The van der Waals surface area contributed by atoms with Crippen LogP contribution in [0, 0.1) is 40.7 Å². The molecule has 5 N–H and O–H groups in total. The number of carbonyl (C=O) groups is 4. The van der Waals surface area contributed by atoms with Crippen molar-refractivity contribution in [2.45, 2.75) is 123 Å². The molecule has 1 aromatic carbocycles. The molecule has 1 saturated heterocycles. The van der Waals surface area contributed by atoms with Crippen molar-refractivity contribution in [1.29, 1.82) is 0 Å². The summed E-state index contributed by atoms with van der Waals surface area (Å²) in [5.74, 6) is -8.07. The Morgan fingerprint density at radius 3 is 2.33 bits per heavy atom. The Labute approximate surface area is 404 Å². The van der Waals surface area contributed by atoms with Gasteiger partial charge in [0.05, 0.1) is 53.7 Å². The van der Waals surface area contributed by atoms with Gasteiger partial charge in [-0.3, -0.25) is 33.6 Å². The molecule has 70 heavy (non-hydrogen) atoms. The van der Waals surface area contributed by atoms with E-state index in [9.17, 15) is 44.6 Å². The highest BCUT2D eigenvalue weighted by Gasteiger charge is 2.55. The fraction of sp³-hybridized carbons (Fsp3) is 0.551. The number of rotatable bonds is 5. The molecule has 2 aromatic rings. The van der Waals surface area contributed by atoms with Crippen molar-refractivity contribution in [3.8, 4) is 17.5 Å². The lowest BCUT2D eigenvalue weighted by molar-refractivity contribution is -0.389. The topological polar surface area (TPSA) is 276 Å². The van der Waals surface area contributed by atoms with Crippen LogP contribution < -0.4 is 20.1 Å². The Balaban J connectivity index is 1.17. The number of phenols is 1. The Hall–Kier alpha value is -6.42. The van der Waals surface area contributed by atoms with E-state index in [1.807, 2.05) is 6.92 Å². The van der Waals surface area contributed by atoms with E-state index in [1.165, 1.54) is 52.5 Å². The Morgan fingerprint density at radius 2 is 1.69 bits per heavy atom. The summed E-state index contributed by atoms with van der Waals surface area (Å²) in [6.45, 7) is 16.3. The lowest BCUT2D eigenvalue weighted by atomic mass is 9.78. The number of aromatic nitrogens is 2. The number of aliphatic hydroxyl groups is 2. The second-order valence-electron chi connectivity index (χ2n) is 19.9. The number of methoxy groups -OCH3 is 1. The molecule has 0 saturated carbocycles. The van der Waals surface area contributed by atoms with Crippen molar-refractivity contribution in [2.75, 3.05) is 26.7 Å². The molecule has 1 aliphatic carbocycles. The summed E-state index contributed by atoms with van der Waals surface area (Å²) in [6.07, 6.45) is 5.75. The molecule has 1 spiro atoms. The quantitative estimate of drug-likeness (QED) is 0.161. The minimum Gasteiger partial charge on any atom is -0.507 e. The normalized spacial score (nSPS) is 33.7. The van der Waals surface area contributed by atoms with Crippen molar-refractivity contribution in [2.24, 2.45) is 28.7 Å². The van der Waals surface area contributed by atoms with Crippen LogP contribution in [0.2, 0.25) is 0 Å². The molecule has 1 aromatic heterocycles. The Bertz CT molecular complexity index is 2670. The van der Waals surface area contributed by atoms with Gasteiger partial charge in [0, 0.05) is 98.8 Å². The molecule has 5 bridgehead atoms. The van der Waals surface area contributed by atoms with E-state index in [2.05, 4.69) is 20.5 Å². The van der Waals surface area contributed by atoms with Gasteiger partial charge < -0.3 is 59.8 Å². The number of aromatic hydroxyl groups is 1. The molecule has 21 heteroatoms. The number of nitrogens with one attached hydrogen (secondary N) is 2. The van der Waals surface area contributed by atoms with Crippen molar-refractivity contribution in [3.05, 3.63) is 86.1 Å². The van der Waals surface area contributed by atoms with Crippen molar-refractivity contribution >= 4 is 35.0 Å². The average Bonchev–Trinajstić information content (AvgIpc) is 4.04. The summed E-state index contributed by atoms with van der Waals surface area (Å²) in [7, 11) is 1.44.